The van der Waals surface area contributed by atoms with Gasteiger partial charge in [-0.25, -0.2) is 4.79 Å². The zero-order chi connectivity index (χ0) is 20.6. The number of fused-ring (bicyclic) bond motifs is 1. The Morgan fingerprint density at radius 2 is 1.87 bits per heavy atom. The minimum Gasteiger partial charge on any atom is -0.454 e. The molecule has 2 aromatic carbocycles. The molecule has 0 saturated carbocycles. The molecule has 3 heterocycles. The molecular formula is C22H19N3O4S. The van der Waals surface area contributed by atoms with E-state index in [1.165, 1.54) is 0 Å². The third kappa shape index (κ3) is 3.17. The number of ether oxygens (including phenoxy) is 1. The van der Waals surface area contributed by atoms with Crippen molar-refractivity contribution in [2.75, 3.05) is 5.75 Å². The molecule has 2 aliphatic rings. The van der Waals surface area contributed by atoms with E-state index in [1.807, 2.05) is 60.7 Å². The maximum Gasteiger partial charge on any atom is 0.330 e. The summed E-state index contributed by atoms with van der Waals surface area (Å²) < 4.78 is 11.1. The molecule has 2 saturated heterocycles. The van der Waals surface area contributed by atoms with Crippen LogP contribution in [0.4, 0.5) is 0 Å². The molecule has 2 fully saturated rings. The van der Waals surface area contributed by atoms with Crippen LogP contribution in [0, 0.1) is 0 Å². The molecule has 1 aromatic heterocycles. The molecule has 5 rings (SSSR count). The van der Waals surface area contributed by atoms with Gasteiger partial charge in [-0.2, -0.15) is 0 Å². The first-order valence-electron chi connectivity index (χ1n) is 9.73. The summed E-state index contributed by atoms with van der Waals surface area (Å²) in [6, 6.07) is 18.6. The number of aromatic nitrogens is 2. The molecule has 1 amide bonds. The molecule has 7 nitrogen and oxygen atoms in total. The van der Waals surface area contributed by atoms with E-state index in [2.05, 4.69) is 10.2 Å². The Kier molecular flexibility index (Phi) is 4.78. The van der Waals surface area contributed by atoms with Crippen molar-refractivity contribution in [1.29, 1.82) is 0 Å². The number of hydrogen-bond donors (Lipinski definition) is 0. The van der Waals surface area contributed by atoms with Crippen LogP contribution in [-0.2, 0) is 25.8 Å². The van der Waals surface area contributed by atoms with Gasteiger partial charge in [-0.3, -0.25) is 4.79 Å². The number of benzene rings is 2. The van der Waals surface area contributed by atoms with Crippen LogP contribution in [0.5, 0.6) is 0 Å². The van der Waals surface area contributed by atoms with Crippen molar-refractivity contribution >= 4 is 23.6 Å². The van der Waals surface area contributed by atoms with Crippen molar-refractivity contribution in [3.63, 3.8) is 0 Å². The average Bonchev–Trinajstić information content (AvgIpc) is 3.50. The van der Waals surface area contributed by atoms with Gasteiger partial charge in [0.2, 0.25) is 11.8 Å². The van der Waals surface area contributed by atoms with Gasteiger partial charge in [0.05, 0.1) is 0 Å². The predicted molar refractivity (Wildman–Crippen MR) is 110 cm³/mol. The van der Waals surface area contributed by atoms with Crippen LogP contribution >= 0.6 is 11.8 Å². The van der Waals surface area contributed by atoms with Gasteiger partial charge < -0.3 is 14.1 Å². The summed E-state index contributed by atoms with van der Waals surface area (Å²) in [7, 11) is 0. The second-order valence-corrected chi connectivity index (χ2v) is 8.51. The Morgan fingerprint density at radius 1 is 1.13 bits per heavy atom. The van der Waals surface area contributed by atoms with Crippen LogP contribution in [0.1, 0.15) is 24.3 Å². The third-order valence-electron chi connectivity index (χ3n) is 5.45. The topological polar surface area (TPSA) is 85.5 Å². The van der Waals surface area contributed by atoms with Gasteiger partial charge in [-0.05, 0) is 24.1 Å². The van der Waals surface area contributed by atoms with Crippen LogP contribution < -0.4 is 0 Å². The molecule has 30 heavy (non-hydrogen) atoms. The molecule has 2 atom stereocenters. The monoisotopic (exact) mass is 421 g/mol. The number of carbonyl (C=O) groups excluding carboxylic acids is 2. The average molecular weight is 421 g/mol. The van der Waals surface area contributed by atoms with Crippen molar-refractivity contribution in [3.8, 4) is 11.5 Å². The van der Waals surface area contributed by atoms with Gasteiger partial charge in [0.25, 0.3) is 5.89 Å². The second-order valence-electron chi connectivity index (χ2n) is 7.22. The fourth-order valence-corrected chi connectivity index (χ4v) is 5.69. The lowest BCUT2D eigenvalue weighted by atomic mass is 10.0. The first kappa shape index (κ1) is 18.9. The molecule has 0 N–H and O–H groups in total. The van der Waals surface area contributed by atoms with E-state index in [0.29, 0.717) is 24.5 Å². The highest BCUT2D eigenvalue weighted by Gasteiger charge is 2.57. The summed E-state index contributed by atoms with van der Waals surface area (Å²) in [5, 5.41) is 7.96. The summed E-state index contributed by atoms with van der Waals surface area (Å²) in [6.45, 7) is -0.125. The molecule has 0 radical (unpaired) electrons. The lowest BCUT2D eigenvalue weighted by Crippen LogP contribution is -2.46. The number of hydrogen-bond acceptors (Lipinski definition) is 7. The van der Waals surface area contributed by atoms with Gasteiger partial charge >= 0.3 is 5.97 Å². The number of esters is 1. The van der Waals surface area contributed by atoms with Crippen LogP contribution in [-0.4, -0.2) is 38.8 Å². The standard InChI is InChI=1S/C22H19N3O4S/c26-19-11-12-22(16-9-5-2-6-10-16)25(19)17(14-30-22)21(27)28-13-18-23-24-20(29-18)15-7-3-1-4-8-15/h1-10,17H,11-14H2. The van der Waals surface area contributed by atoms with Gasteiger partial charge in [0.1, 0.15) is 10.9 Å². The zero-order valence-corrected chi connectivity index (χ0v) is 16.9. The Hall–Kier alpha value is -3.13. The van der Waals surface area contributed by atoms with Crippen LogP contribution in [0.3, 0.4) is 0 Å². The molecule has 2 aliphatic heterocycles. The van der Waals surface area contributed by atoms with Crippen molar-refractivity contribution in [1.82, 2.24) is 15.1 Å². The van der Waals surface area contributed by atoms with Crippen molar-refractivity contribution < 1.29 is 18.7 Å². The highest BCUT2D eigenvalue weighted by atomic mass is 32.2. The SMILES string of the molecule is O=C(OCc1nnc(-c2ccccc2)o1)C1CSC2(c3ccccc3)CCC(=O)N12. The van der Waals surface area contributed by atoms with Gasteiger partial charge in [-0.15, -0.1) is 22.0 Å². The smallest absolute Gasteiger partial charge is 0.330 e. The van der Waals surface area contributed by atoms with Crippen molar-refractivity contribution in [3.05, 3.63) is 72.1 Å². The molecule has 3 aromatic rings. The van der Waals surface area contributed by atoms with E-state index in [4.69, 9.17) is 9.15 Å². The fourth-order valence-electron chi connectivity index (χ4n) is 4.05. The van der Waals surface area contributed by atoms with Gasteiger partial charge in [0, 0.05) is 17.7 Å². The second kappa shape index (κ2) is 7.60. The Labute approximate surface area is 177 Å². The highest BCUT2D eigenvalue weighted by molar-refractivity contribution is 8.00. The maximum absolute atomic E-state index is 12.8. The van der Waals surface area contributed by atoms with E-state index in [1.54, 1.807) is 16.7 Å². The molecule has 152 valence electrons. The Balaban J connectivity index is 1.29. The summed E-state index contributed by atoms with van der Waals surface area (Å²) in [5.41, 5.74) is 1.84. The Morgan fingerprint density at radius 3 is 2.63 bits per heavy atom. The van der Waals surface area contributed by atoms with Crippen molar-refractivity contribution in [2.24, 2.45) is 0 Å². The number of rotatable bonds is 5. The molecule has 0 bridgehead atoms. The lowest BCUT2D eigenvalue weighted by Gasteiger charge is -2.33. The summed E-state index contributed by atoms with van der Waals surface area (Å²) in [6.07, 6.45) is 1.12. The van der Waals surface area contributed by atoms with Gasteiger partial charge in [0.15, 0.2) is 6.61 Å². The maximum atomic E-state index is 12.8. The molecule has 2 unspecified atom stereocenters. The number of thioether (sulfide) groups is 1. The zero-order valence-electron chi connectivity index (χ0n) is 16.1. The third-order valence-corrected chi connectivity index (χ3v) is 7.05. The van der Waals surface area contributed by atoms with Crippen LogP contribution in [0.2, 0.25) is 0 Å². The lowest BCUT2D eigenvalue weighted by molar-refractivity contribution is -0.155. The van der Waals surface area contributed by atoms with E-state index < -0.39 is 16.9 Å². The molecule has 0 aliphatic carbocycles. The van der Waals surface area contributed by atoms with Crippen molar-refractivity contribution in [2.45, 2.75) is 30.4 Å². The first-order valence-corrected chi connectivity index (χ1v) is 10.7. The first-order chi connectivity index (χ1) is 14.7. The number of nitrogens with zero attached hydrogens (tertiary/aromatic N) is 3. The molecular weight excluding hydrogens is 402 g/mol. The van der Waals surface area contributed by atoms with E-state index in [9.17, 15) is 9.59 Å². The fraction of sp³-hybridized carbons (Fsp3) is 0.273. The molecule has 0 spiro atoms. The summed E-state index contributed by atoms with van der Waals surface area (Å²) >= 11 is 1.63. The minimum atomic E-state index is -0.623. The normalized spacial score (nSPS) is 22.9. The molecule has 8 heteroatoms. The summed E-state index contributed by atoms with van der Waals surface area (Å²) in [4.78, 5) is 26.7. The largest absolute Gasteiger partial charge is 0.454 e. The van der Waals surface area contributed by atoms with E-state index >= 15 is 0 Å². The van der Waals surface area contributed by atoms with Crippen LogP contribution in [0.15, 0.2) is 65.1 Å². The summed E-state index contributed by atoms with van der Waals surface area (Å²) in [5.74, 6) is 0.620. The van der Waals surface area contributed by atoms with Gasteiger partial charge in [-0.1, -0.05) is 48.5 Å². The Bertz CT molecular complexity index is 1070. The number of amides is 1. The number of carbonyl (C=O) groups is 2. The minimum absolute atomic E-state index is 0.0186. The van der Waals surface area contributed by atoms with E-state index in [0.717, 1.165) is 11.1 Å². The quantitative estimate of drug-likeness (QED) is 0.584. The van der Waals surface area contributed by atoms with E-state index in [-0.39, 0.29) is 18.4 Å². The predicted octanol–water partition coefficient (Wildman–Crippen LogP) is 3.37. The van der Waals surface area contributed by atoms with Crippen LogP contribution in [0.25, 0.3) is 11.5 Å². The highest BCUT2D eigenvalue weighted by Crippen LogP contribution is 2.54.